The summed E-state index contributed by atoms with van der Waals surface area (Å²) >= 11 is 18.8. The van der Waals surface area contributed by atoms with Gasteiger partial charge in [-0.05, 0) is 47.4 Å². The quantitative estimate of drug-likeness (QED) is 0.178. The third-order valence-corrected chi connectivity index (χ3v) is 7.90. The minimum Gasteiger partial charge on any atom is -0.378 e. The molecule has 0 saturated carbocycles. The van der Waals surface area contributed by atoms with E-state index >= 15 is 0 Å². The first kappa shape index (κ1) is 29.8. The van der Waals surface area contributed by atoms with Gasteiger partial charge in [0.1, 0.15) is 23.5 Å². The number of nitrogens with one attached hydrogen (secondary N) is 1. The van der Waals surface area contributed by atoms with Gasteiger partial charge in [0.15, 0.2) is 0 Å². The SMILES string of the molecule is CC(C)[C@H](NC(=O)Cn1nc(-c2ccc(Cl)cc2)c(-c2ccc(Cl)cc2Cl)n1)C(O)(c1ccccc1)c1ccccc1. The van der Waals surface area contributed by atoms with Crippen LogP contribution < -0.4 is 5.32 Å². The molecule has 4 aromatic carbocycles. The lowest BCUT2D eigenvalue weighted by atomic mass is 9.76. The van der Waals surface area contributed by atoms with Gasteiger partial charge in [-0.3, -0.25) is 4.79 Å². The van der Waals surface area contributed by atoms with Crippen LogP contribution in [0, 0.1) is 5.92 Å². The summed E-state index contributed by atoms with van der Waals surface area (Å²) in [5, 5.41) is 26.2. The van der Waals surface area contributed by atoms with E-state index in [0.717, 1.165) is 5.56 Å². The molecule has 5 rings (SSSR count). The van der Waals surface area contributed by atoms with E-state index in [-0.39, 0.29) is 18.4 Å². The Bertz CT molecular complexity index is 1630. The lowest BCUT2D eigenvalue weighted by molar-refractivity contribution is -0.125. The molecule has 0 spiro atoms. The Hall–Kier alpha value is -3.68. The first-order chi connectivity index (χ1) is 20.2. The maximum Gasteiger partial charge on any atom is 0.243 e. The minimum atomic E-state index is -1.49. The van der Waals surface area contributed by atoms with Gasteiger partial charge in [-0.2, -0.15) is 15.0 Å². The molecule has 1 heterocycles. The van der Waals surface area contributed by atoms with Gasteiger partial charge < -0.3 is 10.4 Å². The molecule has 42 heavy (non-hydrogen) atoms. The number of nitrogens with zero attached hydrogens (tertiary/aromatic N) is 3. The van der Waals surface area contributed by atoms with Gasteiger partial charge in [-0.15, -0.1) is 0 Å². The molecular formula is C33H29Cl3N4O2. The van der Waals surface area contributed by atoms with Crippen molar-refractivity contribution in [1.29, 1.82) is 0 Å². The normalized spacial score (nSPS) is 12.4. The van der Waals surface area contributed by atoms with Crippen LogP contribution in [-0.4, -0.2) is 32.0 Å². The Morgan fingerprint density at radius 1 is 0.810 bits per heavy atom. The molecule has 214 valence electrons. The van der Waals surface area contributed by atoms with E-state index in [2.05, 4.69) is 15.5 Å². The van der Waals surface area contributed by atoms with Crippen LogP contribution in [-0.2, 0) is 16.9 Å². The predicted molar refractivity (Wildman–Crippen MR) is 169 cm³/mol. The second-order valence-corrected chi connectivity index (χ2v) is 11.6. The average Bonchev–Trinajstić information content (AvgIpc) is 3.39. The molecule has 0 saturated heterocycles. The maximum atomic E-state index is 13.6. The van der Waals surface area contributed by atoms with Crippen LogP contribution in [0.25, 0.3) is 22.5 Å². The second-order valence-electron chi connectivity index (χ2n) is 10.3. The second kappa shape index (κ2) is 12.7. The number of hydrogen-bond acceptors (Lipinski definition) is 4. The molecule has 9 heteroatoms. The lowest BCUT2D eigenvalue weighted by Crippen LogP contribution is -2.54. The number of aliphatic hydroxyl groups is 1. The number of hydrogen-bond donors (Lipinski definition) is 2. The fraction of sp³-hybridized carbons (Fsp3) is 0.182. The number of amides is 1. The molecule has 5 aromatic rings. The Kier molecular flexibility index (Phi) is 8.99. The van der Waals surface area contributed by atoms with Gasteiger partial charge >= 0.3 is 0 Å². The van der Waals surface area contributed by atoms with Crippen molar-refractivity contribution in [3.05, 3.63) is 129 Å². The molecular weight excluding hydrogens is 591 g/mol. The molecule has 1 atom stereocenters. The van der Waals surface area contributed by atoms with Crippen molar-refractivity contribution < 1.29 is 9.90 Å². The molecule has 1 aromatic heterocycles. The molecule has 0 bridgehead atoms. The van der Waals surface area contributed by atoms with Crippen molar-refractivity contribution in [3.63, 3.8) is 0 Å². The van der Waals surface area contributed by atoms with Crippen molar-refractivity contribution in [1.82, 2.24) is 20.3 Å². The Morgan fingerprint density at radius 2 is 1.36 bits per heavy atom. The summed E-state index contributed by atoms with van der Waals surface area (Å²) in [7, 11) is 0. The number of carbonyl (C=O) groups is 1. The average molecular weight is 620 g/mol. The zero-order valence-corrected chi connectivity index (χ0v) is 25.3. The summed E-state index contributed by atoms with van der Waals surface area (Å²) in [6.07, 6.45) is 0. The van der Waals surface area contributed by atoms with Crippen molar-refractivity contribution in [2.45, 2.75) is 32.0 Å². The predicted octanol–water partition coefficient (Wildman–Crippen LogP) is 7.65. The third kappa shape index (κ3) is 6.22. The van der Waals surface area contributed by atoms with Crippen LogP contribution in [0.15, 0.2) is 103 Å². The highest BCUT2D eigenvalue weighted by Crippen LogP contribution is 2.37. The molecule has 6 nitrogen and oxygen atoms in total. The van der Waals surface area contributed by atoms with E-state index in [1.54, 1.807) is 30.3 Å². The van der Waals surface area contributed by atoms with Crippen molar-refractivity contribution in [2.75, 3.05) is 0 Å². The van der Waals surface area contributed by atoms with Gasteiger partial charge in [0, 0.05) is 21.2 Å². The van der Waals surface area contributed by atoms with Crippen molar-refractivity contribution >= 4 is 40.7 Å². The largest absolute Gasteiger partial charge is 0.378 e. The minimum absolute atomic E-state index is 0.127. The molecule has 0 radical (unpaired) electrons. The smallest absolute Gasteiger partial charge is 0.243 e. The van der Waals surface area contributed by atoms with E-state index in [4.69, 9.17) is 34.8 Å². The Morgan fingerprint density at radius 3 is 1.90 bits per heavy atom. The van der Waals surface area contributed by atoms with Crippen LogP contribution in [0.4, 0.5) is 0 Å². The number of halogens is 3. The molecule has 0 aliphatic carbocycles. The van der Waals surface area contributed by atoms with Gasteiger partial charge in [0.25, 0.3) is 0 Å². The summed E-state index contributed by atoms with van der Waals surface area (Å²) in [4.78, 5) is 14.9. The highest BCUT2D eigenvalue weighted by atomic mass is 35.5. The molecule has 0 aliphatic rings. The number of aromatic nitrogens is 3. The first-order valence-electron chi connectivity index (χ1n) is 13.5. The standard InChI is InChI=1S/C33H29Cl3N4O2/c1-21(2)32(33(42,23-9-5-3-6-10-23)24-11-7-4-8-12-24)37-29(41)20-40-38-30(22-13-15-25(34)16-14-22)31(39-40)27-18-17-26(35)19-28(27)36/h3-19,21,32,42H,20H2,1-2H3,(H,37,41)/t32-/m0/s1. The Labute approximate surface area is 259 Å². The van der Waals surface area contributed by atoms with Crippen LogP contribution in [0.1, 0.15) is 25.0 Å². The highest BCUT2D eigenvalue weighted by molar-refractivity contribution is 6.36. The van der Waals surface area contributed by atoms with E-state index in [1.807, 2.05) is 86.6 Å². The number of carbonyl (C=O) groups excluding carboxylic acids is 1. The van der Waals surface area contributed by atoms with Gasteiger partial charge in [-0.1, -0.05) is 121 Å². The monoisotopic (exact) mass is 618 g/mol. The number of benzene rings is 4. The van der Waals surface area contributed by atoms with Gasteiger partial charge in [0.2, 0.25) is 5.91 Å². The maximum absolute atomic E-state index is 13.6. The fourth-order valence-electron chi connectivity index (χ4n) is 5.10. The highest BCUT2D eigenvalue weighted by Gasteiger charge is 2.42. The summed E-state index contributed by atoms with van der Waals surface area (Å²) in [6.45, 7) is 3.75. The third-order valence-electron chi connectivity index (χ3n) is 7.11. The van der Waals surface area contributed by atoms with Crippen LogP contribution in [0.3, 0.4) is 0 Å². The summed E-state index contributed by atoms with van der Waals surface area (Å²) in [5.74, 6) is -0.483. The van der Waals surface area contributed by atoms with Crippen molar-refractivity contribution in [2.24, 2.45) is 5.92 Å². The molecule has 2 N–H and O–H groups in total. The lowest BCUT2D eigenvalue weighted by Gasteiger charge is -2.40. The molecule has 0 unspecified atom stereocenters. The van der Waals surface area contributed by atoms with E-state index in [1.165, 1.54) is 4.80 Å². The van der Waals surface area contributed by atoms with Crippen LogP contribution in [0.5, 0.6) is 0 Å². The molecule has 0 aliphatic heterocycles. The van der Waals surface area contributed by atoms with Crippen LogP contribution >= 0.6 is 34.8 Å². The number of rotatable bonds is 9. The van der Waals surface area contributed by atoms with Gasteiger partial charge in [-0.25, -0.2) is 0 Å². The van der Waals surface area contributed by atoms with Crippen molar-refractivity contribution in [3.8, 4) is 22.5 Å². The zero-order chi connectivity index (χ0) is 29.9. The topological polar surface area (TPSA) is 80.0 Å². The summed E-state index contributed by atoms with van der Waals surface area (Å²) in [5.41, 5.74) is 2.29. The van der Waals surface area contributed by atoms with Gasteiger partial charge in [0.05, 0.1) is 11.1 Å². The van der Waals surface area contributed by atoms with E-state index < -0.39 is 11.6 Å². The fourth-order valence-corrected chi connectivity index (χ4v) is 5.72. The summed E-state index contributed by atoms with van der Waals surface area (Å²) < 4.78 is 0. The zero-order valence-electron chi connectivity index (χ0n) is 23.0. The van der Waals surface area contributed by atoms with E-state index in [0.29, 0.717) is 43.1 Å². The van der Waals surface area contributed by atoms with E-state index in [9.17, 15) is 9.90 Å². The Balaban J connectivity index is 1.50. The summed E-state index contributed by atoms with van der Waals surface area (Å²) in [6, 6.07) is 30.4. The van der Waals surface area contributed by atoms with Crippen LogP contribution in [0.2, 0.25) is 15.1 Å². The first-order valence-corrected chi connectivity index (χ1v) is 14.6. The molecule has 1 amide bonds. The molecule has 0 fully saturated rings.